The van der Waals surface area contributed by atoms with E-state index in [0.29, 0.717) is 16.9 Å². The molecule has 0 bridgehead atoms. The Morgan fingerprint density at radius 3 is 2.20 bits per heavy atom. The van der Waals surface area contributed by atoms with E-state index in [2.05, 4.69) is 5.32 Å². The number of nitrogens with one attached hydrogen (secondary N) is 1. The van der Waals surface area contributed by atoms with Crippen LogP contribution in [0.3, 0.4) is 0 Å². The second-order valence-electron chi connectivity index (χ2n) is 6.68. The van der Waals surface area contributed by atoms with E-state index < -0.39 is 21.8 Å². The zero-order valence-corrected chi connectivity index (χ0v) is 17.3. The fourth-order valence-corrected chi connectivity index (χ4v) is 4.23. The lowest BCUT2D eigenvalue weighted by molar-refractivity contribution is 0.0998. The summed E-state index contributed by atoms with van der Waals surface area (Å²) in [7, 11) is -2.38. The van der Waals surface area contributed by atoms with E-state index in [1.807, 2.05) is 19.1 Å². The third kappa shape index (κ3) is 4.33. The number of sulfonamides is 1. The second-order valence-corrected chi connectivity index (χ2v) is 8.65. The molecular weight excluding hydrogens is 402 g/mol. The van der Waals surface area contributed by atoms with Crippen LogP contribution in [0.1, 0.15) is 26.3 Å². The van der Waals surface area contributed by atoms with Crippen molar-refractivity contribution >= 4 is 33.2 Å². The second kappa shape index (κ2) is 8.38. The summed E-state index contributed by atoms with van der Waals surface area (Å²) in [6, 6.07) is 19.1. The van der Waals surface area contributed by atoms with Crippen LogP contribution in [0, 0.1) is 6.92 Å². The molecule has 0 aromatic heterocycles. The molecule has 3 N–H and O–H groups in total. The summed E-state index contributed by atoms with van der Waals surface area (Å²) >= 11 is 0. The van der Waals surface area contributed by atoms with Crippen molar-refractivity contribution in [1.82, 2.24) is 0 Å². The first-order valence-electron chi connectivity index (χ1n) is 9.06. The van der Waals surface area contributed by atoms with Crippen LogP contribution >= 0.6 is 0 Å². The highest BCUT2D eigenvalue weighted by atomic mass is 32.2. The number of benzene rings is 3. The van der Waals surface area contributed by atoms with E-state index in [1.165, 1.54) is 47.8 Å². The van der Waals surface area contributed by atoms with Gasteiger partial charge in [-0.05, 0) is 61.0 Å². The van der Waals surface area contributed by atoms with Gasteiger partial charge in [-0.3, -0.25) is 13.9 Å². The lowest BCUT2D eigenvalue weighted by Gasteiger charge is -2.21. The summed E-state index contributed by atoms with van der Waals surface area (Å²) < 4.78 is 27.3. The highest BCUT2D eigenvalue weighted by Gasteiger charge is 2.23. The number of anilines is 2. The Morgan fingerprint density at radius 2 is 1.57 bits per heavy atom. The fraction of sp³-hybridized carbons (Fsp3) is 0.0909. The lowest BCUT2D eigenvalue weighted by atomic mass is 10.2. The van der Waals surface area contributed by atoms with Crippen molar-refractivity contribution < 1.29 is 18.0 Å². The molecule has 3 aromatic carbocycles. The molecule has 0 radical (unpaired) electrons. The maximum absolute atomic E-state index is 13.1. The normalized spacial score (nSPS) is 11.0. The van der Waals surface area contributed by atoms with Crippen LogP contribution in [-0.2, 0) is 10.0 Å². The molecular formula is C22H21N3O4S. The number of rotatable bonds is 6. The van der Waals surface area contributed by atoms with Crippen LogP contribution < -0.4 is 15.4 Å². The van der Waals surface area contributed by atoms with Crippen molar-refractivity contribution in [1.29, 1.82) is 0 Å². The Kier molecular flexibility index (Phi) is 5.89. The number of carbonyl (C=O) groups is 2. The van der Waals surface area contributed by atoms with Gasteiger partial charge in [-0.15, -0.1) is 0 Å². The summed E-state index contributed by atoms with van der Waals surface area (Å²) in [4.78, 5) is 23.7. The molecule has 154 valence electrons. The SMILES string of the molecule is Cc1ccccc1N(C)S(=O)(=O)c1cccc(C(=O)Nc2ccc(C(N)=O)cc2)c1. The highest BCUT2D eigenvalue weighted by molar-refractivity contribution is 7.92. The molecule has 0 atom stereocenters. The number of hydrogen-bond donors (Lipinski definition) is 2. The summed E-state index contributed by atoms with van der Waals surface area (Å²) in [5.74, 6) is -1.04. The van der Waals surface area contributed by atoms with E-state index in [0.717, 1.165) is 5.56 Å². The van der Waals surface area contributed by atoms with Crippen LogP contribution in [0.4, 0.5) is 11.4 Å². The number of primary amides is 1. The van der Waals surface area contributed by atoms with Gasteiger partial charge in [0.05, 0.1) is 10.6 Å². The van der Waals surface area contributed by atoms with Gasteiger partial charge >= 0.3 is 0 Å². The molecule has 0 saturated heterocycles. The smallest absolute Gasteiger partial charge is 0.264 e. The summed E-state index contributed by atoms with van der Waals surface area (Å²) in [5, 5.41) is 2.67. The van der Waals surface area contributed by atoms with Crippen molar-refractivity contribution in [2.75, 3.05) is 16.7 Å². The number of amides is 2. The van der Waals surface area contributed by atoms with Crippen LogP contribution in [0.2, 0.25) is 0 Å². The molecule has 2 amide bonds. The minimum absolute atomic E-state index is 0.00461. The van der Waals surface area contributed by atoms with Gasteiger partial charge < -0.3 is 11.1 Å². The Balaban J connectivity index is 1.85. The standard InChI is InChI=1S/C22H21N3O4S/c1-15-6-3-4-9-20(15)25(2)30(28,29)19-8-5-7-17(14-19)22(27)24-18-12-10-16(11-13-18)21(23)26/h3-14H,1-2H3,(H2,23,26)(H,24,27). The molecule has 0 heterocycles. The van der Waals surface area contributed by atoms with E-state index >= 15 is 0 Å². The van der Waals surface area contributed by atoms with Crippen molar-refractivity contribution in [3.63, 3.8) is 0 Å². The van der Waals surface area contributed by atoms with Crippen molar-refractivity contribution in [3.8, 4) is 0 Å². The third-order valence-electron chi connectivity index (χ3n) is 4.64. The highest BCUT2D eigenvalue weighted by Crippen LogP contribution is 2.25. The number of nitrogens with zero attached hydrogens (tertiary/aromatic N) is 1. The maximum Gasteiger partial charge on any atom is 0.264 e. The van der Waals surface area contributed by atoms with Crippen molar-refractivity contribution in [2.45, 2.75) is 11.8 Å². The summed E-state index contributed by atoms with van der Waals surface area (Å²) in [6.45, 7) is 1.83. The Hall–Kier alpha value is -3.65. The van der Waals surface area contributed by atoms with Gasteiger partial charge in [0.2, 0.25) is 5.91 Å². The van der Waals surface area contributed by atoms with Gasteiger partial charge in [0.15, 0.2) is 0 Å². The predicted octanol–water partition coefficient (Wildman–Crippen LogP) is 3.17. The van der Waals surface area contributed by atoms with E-state index in [9.17, 15) is 18.0 Å². The number of para-hydroxylation sites is 1. The molecule has 3 aromatic rings. The van der Waals surface area contributed by atoms with Crippen molar-refractivity contribution in [3.05, 3.63) is 89.5 Å². The fourth-order valence-electron chi connectivity index (χ4n) is 2.92. The molecule has 30 heavy (non-hydrogen) atoms. The van der Waals surface area contributed by atoms with Crippen molar-refractivity contribution in [2.24, 2.45) is 5.73 Å². The van der Waals surface area contributed by atoms with Gasteiger partial charge in [-0.25, -0.2) is 8.42 Å². The molecule has 0 saturated carbocycles. The first-order valence-corrected chi connectivity index (χ1v) is 10.5. The first-order chi connectivity index (χ1) is 14.2. The molecule has 3 rings (SSSR count). The molecule has 0 spiro atoms. The van der Waals surface area contributed by atoms with Gasteiger partial charge in [0.25, 0.3) is 15.9 Å². The molecule has 0 aliphatic rings. The van der Waals surface area contributed by atoms with Gasteiger partial charge in [0, 0.05) is 23.9 Å². The third-order valence-corrected chi connectivity index (χ3v) is 6.40. The summed E-state index contributed by atoms with van der Waals surface area (Å²) in [5.41, 5.74) is 7.54. The average molecular weight is 423 g/mol. The lowest BCUT2D eigenvalue weighted by Crippen LogP contribution is -2.27. The number of hydrogen-bond acceptors (Lipinski definition) is 4. The molecule has 0 unspecified atom stereocenters. The minimum atomic E-state index is -3.86. The predicted molar refractivity (Wildman–Crippen MR) is 116 cm³/mol. The van der Waals surface area contributed by atoms with E-state index in [1.54, 1.807) is 24.3 Å². The topological polar surface area (TPSA) is 110 Å². The number of aryl methyl sites for hydroxylation is 1. The number of nitrogens with two attached hydrogens (primary N) is 1. The molecule has 0 fully saturated rings. The molecule has 0 aliphatic carbocycles. The van der Waals surface area contributed by atoms with E-state index in [4.69, 9.17) is 5.73 Å². The van der Waals surface area contributed by atoms with Gasteiger partial charge in [-0.2, -0.15) is 0 Å². The monoisotopic (exact) mass is 423 g/mol. The molecule has 8 heteroatoms. The van der Waals surface area contributed by atoms with Crippen LogP contribution in [0.25, 0.3) is 0 Å². The Labute approximate surface area is 175 Å². The molecule has 0 aliphatic heterocycles. The largest absolute Gasteiger partial charge is 0.366 e. The van der Waals surface area contributed by atoms with E-state index in [-0.39, 0.29) is 10.5 Å². The minimum Gasteiger partial charge on any atom is -0.366 e. The van der Waals surface area contributed by atoms with Gasteiger partial charge in [-0.1, -0.05) is 24.3 Å². The van der Waals surface area contributed by atoms with Crippen LogP contribution in [0.5, 0.6) is 0 Å². The summed E-state index contributed by atoms with van der Waals surface area (Å²) in [6.07, 6.45) is 0. The maximum atomic E-state index is 13.1. The van der Waals surface area contributed by atoms with Gasteiger partial charge in [0.1, 0.15) is 0 Å². The zero-order chi connectivity index (χ0) is 21.9. The Morgan fingerprint density at radius 1 is 0.900 bits per heavy atom. The average Bonchev–Trinajstić information content (AvgIpc) is 2.74. The van der Waals surface area contributed by atoms with Crippen LogP contribution in [0.15, 0.2) is 77.7 Å². The quantitative estimate of drug-likeness (QED) is 0.634. The first kappa shape index (κ1) is 21.1. The number of carbonyl (C=O) groups excluding carboxylic acids is 2. The molecule has 7 nitrogen and oxygen atoms in total. The zero-order valence-electron chi connectivity index (χ0n) is 16.5. The Bertz CT molecular complexity index is 1210. The van der Waals surface area contributed by atoms with Crippen LogP contribution in [-0.4, -0.2) is 27.3 Å².